The molecule has 1 atom stereocenters. The lowest BCUT2D eigenvalue weighted by Gasteiger charge is -2.15. The van der Waals surface area contributed by atoms with E-state index in [4.69, 9.17) is 10.7 Å². The Kier molecular flexibility index (Phi) is 6.72. The summed E-state index contributed by atoms with van der Waals surface area (Å²) in [4.78, 5) is 33.2. The average molecular weight is 493 g/mol. The van der Waals surface area contributed by atoms with Crippen LogP contribution in [-0.4, -0.2) is 22.8 Å². The van der Waals surface area contributed by atoms with Crippen molar-refractivity contribution in [1.29, 1.82) is 0 Å². The molecule has 4 rings (SSSR count). The zero-order valence-corrected chi connectivity index (χ0v) is 21.5. The average Bonchev–Trinajstić information content (AvgIpc) is 3.43. The molecule has 1 aromatic carbocycles. The summed E-state index contributed by atoms with van der Waals surface area (Å²) in [7, 11) is 0. The molecule has 4 aromatic rings. The Labute approximate surface area is 207 Å². The summed E-state index contributed by atoms with van der Waals surface area (Å²) < 4.78 is 0. The minimum absolute atomic E-state index is 0.0302. The number of hydrogen-bond acceptors (Lipinski definition) is 6. The number of aromatic nitrogens is 1. The number of benzene rings is 1. The molecule has 0 aliphatic carbocycles. The number of amides is 2. The number of carbonyl (C=O) groups is 2. The lowest BCUT2D eigenvalue weighted by atomic mass is 9.99. The maximum absolute atomic E-state index is 13.6. The molecule has 0 aliphatic heterocycles. The van der Waals surface area contributed by atoms with Crippen molar-refractivity contribution in [2.75, 3.05) is 11.1 Å². The molecule has 176 valence electrons. The van der Waals surface area contributed by atoms with E-state index in [1.165, 1.54) is 22.7 Å². The Morgan fingerprint density at radius 2 is 1.91 bits per heavy atom. The molecule has 0 radical (unpaired) electrons. The first-order valence-electron chi connectivity index (χ1n) is 11.2. The summed E-state index contributed by atoms with van der Waals surface area (Å²) >= 11 is 2.79. The van der Waals surface area contributed by atoms with Gasteiger partial charge in [-0.3, -0.25) is 9.59 Å². The first kappa shape index (κ1) is 23.9. The quantitative estimate of drug-likeness (QED) is 0.294. The summed E-state index contributed by atoms with van der Waals surface area (Å²) in [6.45, 7) is 9.78. The number of pyridine rings is 1. The van der Waals surface area contributed by atoms with Crippen LogP contribution in [0.2, 0.25) is 0 Å². The van der Waals surface area contributed by atoms with E-state index >= 15 is 0 Å². The number of nitrogens with two attached hydrogens (primary N) is 1. The Balaban J connectivity index is 1.89. The van der Waals surface area contributed by atoms with E-state index in [0.29, 0.717) is 32.0 Å². The Morgan fingerprint density at radius 1 is 1.15 bits per heavy atom. The van der Waals surface area contributed by atoms with E-state index in [9.17, 15) is 9.59 Å². The SMILES string of the molecule is CCC(C)NC(=O)c1sc2nc(C)c(C(=O)Nc3ccc(C)cc3C)c(-c3cccs3)c2c1N. The maximum Gasteiger partial charge on any atom is 0.263 e. The van der Waals surface area contributed by atoms with Gasteiger partial charge >= 0.3 is 0 Å². The Bertz CT molecular complexity index is 1390. The number of nitrogen functional groups attached to an aromatic ring is 1. The minimum Gasteiger partial charge on any atom is -0.397 e. The third-order valence-corrected chi connectivity index (χ3v) is 7.86. The van der Waals surface area contributed by atoms with Crippen LogP contribution in [0, 0.1) is 20.8 Å². The highest BCUT2D eigenvalue weighted by Crippen LogP contribution is 2.43. The van der Waals surface area contributed by atoms with Crippen LogP contribution in [0.15, 0.2) is 35.7 Å². The number of fused-ring (bicyclic) bond motifs is 1. The molecule has 2 amide bonds. The largest absolute Gasteiger partial charge is 0.397 e. The summed E-state index contributed by atoms with van der Waals surface area (Å²) in [5.74, 6) is -0.468. The van der Waals surface area contributed by atoms with Gasteiger partial charge in [-0.2, -0.15) is 0 Å². The second kappa shape index (κ2) is 9.56. The van der Waals surface area contributed by atoms with Crippen LogP contribution in [0.1, 0.15) is 57.1 Å². The second-order valence-electron chi connectivity index (χ2n) is 8.50. The van der Waals surface area contributed by atoms with Gasteiger partial charge in [0, 0.05) is 27.6 Å². The summed E-state index contributed by atoms with van der Waals surface area (Å²) in [6.07, 6.45) is 0.817. The molecule has 0 saturated carbocycles. The zero-order chi connectivity index (χ0) is 24.6. The molecule has 0 fully saturated rings. The Hall–Kier alpha value is -3.23. The number of nitrogens with one attached hydrogen (secondary N) is 2. The maximum atomic E-state index is 13.6. The fraction of sp³-hybridized carbons (Fsp3) is 0.269. The van der Waals surface area contributed by atoms with Crippen LogP contribution in [0.4, 0.5) is 11.4 Å². The predicted octanol–water partition coefficient (Wildman–Crippen LogP) is 6.31. The lowest BCUT2D eigenvalue weighted by Crippen LogP contribution is -2.31. The van der Waals surface area contributed by atoms with Gasteiger partial charge in [0.1, 0.15) is 9.71 Å². The zero-order valence-electron chi connectivity index (χ0n) is 19.9. The van der Waals surface area contributed by atoms with Crippen LogP contribution >= 0.6 is 22.7 Å². The van der Waals surface area contributed by atoms with Gasteiger partial charge < -0.3 is 16.4 Å². The molecule has 0 saturated heterocycles. The molecule has 0 aliphatic rings. The first-order chi connectivity index (χ1) is 16.2. The molecule has 0 bridgehead atoms. The minimum atomic E-state index is -0.251. The van der Waals surface area contributed by atoms with Crippen LogP contribution in [-0.2, 0) is 0 Å². The number of anilines is 2. The van der Waals surface area contributed by atoms with Crippen molar-refractivity contribution in [3.05, 3.63) is 63.0 Å². The van der Waals surface area contributed by atoms with Gasteiger partial charge in [-0.25, -0.2) is 4.98 Å². The highest BCUT2D eigenvalue weighted by atomic mass is 32.1. The van der Waals surface area contributed by atoms with E-state index in [-0.39, 0.29) is 17.9 Å². The molecule has 4 N–H and O–H groups in total. The molecule has 0 spiro atoms. The highest BCUT2D eigenvalue weighted by molar-refractivity contribution is 7.21. The molecular weight excluding hydrogens is 464 g/mol. The number of rotatable bonds is 6. The second-order valence-corrected chi connectivity index (χ2v) is 10.5. The summed E-state index contributed by atoms with van der Waals surface area (Å²) in [5, 5.41) is 8.65. The number of aryl methyl sites for hydroxylation is 3. The third kappa shape index (κ3) is 4.43. The third-order valence-electron chi connectivity index (χ3n) is 5.88. The number of thiophene rings is 2. The van der Waals surface area contributed by atoms with Gasteiger partial charge in [0.15, 0.2) is 0 Å². The molecule has 3 aromatic heterocycles. The monoisotopic (exact) mass is 492 g/mol. The van der Waals surface area contributed by atoms with Crippen LogP contribution in [0.3, 0.4) is 0 Å². The molecule has 34 heavy (non-hydrogen) atoms. The van der Waals surface area contributed by atoms with Crippen molar-refractivity contribution in [2.45, 2.75) is 47.1 Å². The van der Waals surface area contributed by atoms with Gasteiger partial charge in [-0.05, 0) is 57.2 Å². The molecular formula is C26H28N4O2S2. The molecule has 1 unspecified atom stereocenters. The van der Waals surface area contributed by atoms with Crippen LogP contribution < -0.4 is 16.4 Å². The molecule has 3 heterocycles. The van der Waals surface area contributed by atoms with E-state index in [1.54, 1.807) is 0 Å². The van der Waals surface area contributed by atoms with Gasteiger partial charge in [-0.15, -0.1) is 22.7 Å². The van der Waals surface area contributed by atoms with Gasteiger partial charge in [0.25, 0.3) is 11.8 Å². The fourth-order valence-electron chi connectivity index (χ4n) is 3.91. The number of carbonyl (C=O) groups excluding carboxylic acids is 2. The van der Waals surface area contributed by atoms with E-state index in [2.05, 4.69) is 10.6 Å². The van der Waals surface area contributed by atoms with E-state index in [0.717, 1.165) is 33.7 Å². The van der Waals surface area contributed by atoms with Crippen LogP contribution in [0.25, 0.3) is 20.7 Å². The van der Waals surface area contributed by atoms with Crippen molar-refractivity contribution >= 4 is 56.1 Å². The molecule has 8 heteroatoms. The van der Waals surface area contributed by atoms with E-state index < -0.39 is 0 Å². The Morgan fingerprint density at radius 3 is 2.56 bits per heavy atom. The summed E-state index contributed by atoms with van der Waals surface area (Å²) in [5.41, 5.74) is 11.6. The van der Waals surface area contributed by atoms with Crippen molar-refractivity contribution in [3.63, 3.8) is 0 Å². The number of nitrogens with zero attached hydrogens (tertiary/aromatic N) is 1. The number of hydrogen-bond donors (Lipinski definition) is 3. The molecule has 6 nitrogen and oxygen atoms in total. The summed E-state index contributed by atoms with van der Waals surface area (Å²) in [6, 6.07) is 9.84. The van der Waals surface area contributed by atoms with Gasteiger partial charge in [-0.1, -0.05) is 30.7 Å². The van der Waals surface area contributed by atoms with E-state index in [1.807, 2.05) is 70.3 Å². The van der Waals surface area contributed by atoms with Crippen molar-refractivity contribution < 1.29 is 9.59 Å². The van der Waals surface area contributed by atoms with Crippen molar-refractivity contribution in [1.82, 2.24) is 10.3 Å². The lowest BCUT2D eigenvalue weighted by molar-refractivity contribution is 0.0943. The van der Waals surface area contributed by atoms with Crippen molar-refractivity contribution in [2.24, 2.45) is 0 Å². The van der Waals surface area contributed by atoms with Gasteiger partial charge in [0.2, 0.25) is 0 Å². The van der Waals surface area contributed by atoms with Crippen molar-refractivity contribution in [3.8, 4) is 10.4 Å². The topological polar surface area (TPSA) is 97.1 Å². The van der Waals surface area contributed by atoms with Gasteiger partial charge in [0.05, 0.1) is 16.9 Å². The standard InChI is InChI=1S/C26H28N4O2S2/c1-6-15(4)28-25(32)23-22(27)21-20(18-8-7-11-33-18)19(16(5)29-26(21)34-23)24(31)30-17-10-9-13(2)12-14(17)3/h7-12,15H,6,27H2,1-5H3,(H,28,32)(H,30,31). The van der Waals surface area contributed by atoms with Crippen LogP contribution in [0.5, 0.6) is 0 Å². The smallest absolute Gasteiger partial charge is 0.263 e. The first-order valence-corrected chi connectivity index (χ1v) is 12.9. The fourth-order valence-corrected chi connectivity index (χ4v) is 5.75. The normalized spacial score (nSPS) is 12.0. The predicted molar refractivity (Wildman–Crippen MR) is 143 cm³/mol. The highest BCUT2D eigenvalue weighted by Gasteiger charge is 2.27.